The fourth-order valence-electron chi connectivity index (χ4n) is 1.84. The molecule has 2 aromatic rings. The normalized spacial score (nSPS) is 10.5. The van der Waals surface area contributed by atoms with Gasteiger partial charge in [0.2, 0.25) is 0 Å². The standard InChI is InChI=1S/C14H14F2N4O2/c1-20(12-6-5-11(13(17)21)18-19-12)8-9-3-2-4-10(7-9)22-14(15)16/h2-7,14H,8H2,1H3,(H2,17,21). The van der Waals surface area contributed by atoms with Crippen molar-refractivity contribution in [1.82, 2.24) is 10.2 Å². The van der Waals surface area contributed by atoms with Crippen molar-refractivity contribution in [1.29, 1.82) is 0 Å². The van der Waals surface area contributed by atoms with Gasteiger partial charge in [-0.25, -0.2) is 0 Å². The minimum atomic E-state index is -2.86. The Morgan fingerprint density at radius 1 is 1.32 bits per heavy atom. The van der Waals surface area contributed by atoms with E-state index in [1.54, 1.807) is 30.1 Å². The summed E-state index contributed by atoms with van der Waals surface area (Å²) in [4.78, 5) is 12.7. The Kier molecular flexibility index (Phi) is 4.82. The smallest absolute Gasteiger partial charge is 0.387 e. The Hall–Kier alpha value is -2.77. The molecule has 0 radical (unpaired) electrons. The Morgan fingerprint density at radius 3 is 2.68 bits per heavy atom. The number of rotatable bonds is 6. The van der Waals surface area contributed by atoms with E-state index in [1.807, 2.05) is 0 Å². The number of nitrogens with two attached hydrogens (primary N) is 1. The zero-order valence-electron chi connectivity index (χ0n) is 11.7. The van der Waals surface area contributed by atoms with E-state index < -0.39 is 12.5 Å². The van der Waals surface area contributed by atoms with E-state index in [0.717, 1.165) is 5.56 Å². The highest BCUT2D eigenvalue weighted by molar-refractivity contribution is 5.90. The van der Waals surface area contributed by atoms with Crippen LogP contribution in [0.2, 0.25) is 0 Å². The lowest BCUT2D eigenvalue weighted by Gasteiger charge is -2.18. The number of hydrogen-bond donors (Lipinski definition) is 1. The molecule has 0 fully saturated rings. The molecule has 8 heteroatoms. The van der Waals surface area contributed by atoms with Gasteiger partial charge in [0, 0.05) is 13.6 Å². The van der Waals surface area contributed by atoms with Gasteiger partial charge in [0.25, 0.3) is 5.91 Å². The fraction of sp³-hybridized carbons (Fsp3) is 0.214. The number of carbonyl (C=O) groups is 1. The van der Waals surface area contributed by atoms with Gasteiger partial charge >= 0.3 is 6.61 Å². The second kappa shape index (κ2) is 6.79. The summed E-state index contributed by atoms with van der Waals surface area (Å²) >= 11 is 0. The van der Waals surface area contributed by atoms with E-state index >= 15 is 0 Å². The third-order valence-corrected chi connectivity index (χ3v) is 2.84. The first-order valence-corrected chi connectivity index (χ1v) is 6.34. The quantitative estimate of drug-likeness (QED) is 0.880. The van der Waals surface area contributed by atoms with E-state index in [9.17, 15) is 13.6 Å². The van der Waals surface area contributed by atoms with E-state index in [0.29, 0.717) is 12.4 Å². The lowest BCUT2D eigenvalue weighted by molar-refractivity contribution is -0.0498. The maximum Gasteiger partial charge on any atom is 0.387 e. The minimum Gasteiger partial charge on any atom is -0.435 e. The first-order chi connectivity index (χ1) is 10.5. The Morgan fingerprint density at radius 2 is 2.09 bits per heavy atom. The molecule has 0 spiro atoms. The van der Waals surface area contributed by atoms with Crippen LogP contribution in [-0.2, 0) is 6.54 Å². The zero-order valence-corrected chi connectivity index (χ0v) is 11.7. The largest absolute Gasteiger partial charge is 0.435 e. The van der Waals surface area contributed by atoms with Gasteiger partial charge in [-0.05, 0) is 29.8 Å². The van der Waals surface area contributed by atoms with Crippen molar-refractivity contribution >= 4 is 11.7 Å². The number of anilines is 1. The lowest BCUT2D eigenvalue weighted by atomic mass is 10.2. The topological polar surface area (TPSA) is 81.3 Å². The van der Waals surface area contributed by atoms with Gasteiger partial charge in [0.1, 0.15) is 5.75 Å². The van der Waals surface area contributed by atoms with Crippen LogP contribution in [0, 0.1) is 0 Å². The molecule has 22 heavy (non-hydrogen) atoms. The zero-order chi connectivity index (χ0) is 16.1. The predicted molar refractivity (Wildman–Crippen MR) is 75.7 cm³/mol. The summed E-state index contributed by atoms with van der Waals surface area (Å²) in [7, 11) is 1.76. The molecule has 0 aliphatic carbocycles. The molecule has 2 N–H and O–H groups in total. The number of nitrogens with zero attached hydrogens (tertiary/aromatic N) is 3. The molecule has 0 aliphatic heterocycles. The average Bonchev–Trinajstić information content (AvgIpc) is 2.47. The first-order valence-electron chi connectivity index (χ1n) is 6.34. The van der Waals surface area contributed by atoms with Crippen molar-refractivity contribution in [2.75, 3.05) is 11.9 Å². The molecular weight excluding hydrogens is 294 g/mol. The summed E-state index contributed by atoms with van der Waals surface area (Å²) in [6.45, 7) is -2.45. The van der Waals surface area contributed by atoms with E-state index in [4.69, 9.17) is 5.73 Å². The Bertz CT molecular complexity index is 650. The average molecular weight is 308 g/mol. The van der Waals surface area contributed by atoms with Gasteiger partial charge in [-0.3, -0.25) is 4.79 Å². The first kappa shape index (κ1) is 15.6. The van der Waals surface area contributed by atoms with Crippen molar-refractivity contribution < 1.29 is 18.3 Å². The highest BCUT2D eigenvalue weighted by Crippen LogP contribution is 2.18. The summed E-state index contributed by atoms with van der Waals surface area (Å²) in [6.07, 6.45) is 0. The summed E-state index contributed by atoms with van der Waals surface area (Å²) in [5, 5.41) is 7.60. The van der Waals surface area contributed by atoms with Crippen LogP contribution in [0.15, 0.2) is 36.4 Å². The van der Waals surface area contributed by atoms with E-state index in [-0.39, 0.29) is 11.4 Å². The lowest BCUT2D eigenvalue weighted by Crippen LogP contribution is -2.20. The second-order valence-electron chi connectivity index (χ2n) is 4.52. The molecule has 1 heterocycles. The summed E-state index contributed by atoms with van der Waals surface area (Å²) in [5.74, 6) is -0.0419. The Labute approximate surface area is 125 Å². The maximum absolute atomic E-state index is 12.2. The second-order valence-corrected chi connectivity index (χ2v) is 4.52. The van der Waals surface area contributed by atoms with Crippen molar-refractivity contribution in [2.45, 2.75) is 13.2 Å². The van der Waals surface area contributed by atoms with Crippen LogP contribution >= 0.6 is 0 Å². The maximum atomic E-state index is 12.2. The van der Waals surface area contributed by atoms with Gasteiger partial charge in [-0.15, -0.1) is 10.2 Å². The molecule has 2 rings (SSSR count). The molecule has 0 bridgehead atoms. The molecule has 1 aromatic heterocycles. The molecular formula is C14H14F2N4O2. The summed E-state index contributed by atoms with van der Waals surface area (Å²) in [5.41, 5.74) is 5.93. The predicted octanol–water partition coefficient (Wildman–Crippen LogP) is 1.81. The van der Waals surface area contributed by atoms with Crippen molar-refractivity contribution in [3.05, 3.63) is 47.7 Å². The monoisotopic (exact) mass is 308 g/mol. The van der Waals surface area contributed by atoms with Gasteiger partial charge in [-0.2, -0.15) is 8.78 Å². The van der Waals surface area contributed by atoms with Gasteiger partial charge in [0.05, 0.1) is 0 Å². The molecule has 1 aromatic carbocycles. The third kappa shape index (κ3) is 4.11. The number of benzene rings is 1. The number of alkyl halides is 2. The summed E-state index contributed by atoms with van der Waals surface area (Å²) in [6, 6.07) is 9.46. The van der Waals surface area contributed by atoms with Crippen LogP contribution in [0.25, 0.3) is 0 Å². The number of ether oxygens (including phenoxy) is 1. The SMILES string of the molecule is CN(Cc1cccc(OC(F)F)c1)c1ccc(C(N)=O)nn1. The highest BCUT2D eigenvalue weighted by atomic mass is 19.3. The number of carbonyl (C=O) groups excluding carboxylic acids is 1. The molecule has 0 atom stereocenters. The van der Waals surface area contributed by atoms with E-state index in [2.05, 4.69) is 14.9 Å². The Balaban J connectivity index is 2.07. The van der Waals surface area contributed by atoms with Crippen LogP contribution in [0.1, 0.15) is 16.1 Å². The number of halogens is 2. The van der Waals surface area contributed by atoms with Crippen molar-refractivity contribution in [3.8, 4) is 5.75 Å². The molecule has 1 amide bonds. The molecule has 6 nitrogen and oxygen atoms in total. The summed E-state index contributed by atoms with van der Waals surface area (Å²) < 4.78 is 28.7. The minimum absolute atomic E-state index is 0.0736. The number of hydrogen-bond acceptors (Lipinski definition) is 5. The van der Waals surface area contributed by atoms with Crippen LogP contribution in [0.4, 0.5) is 14.6 Å². The van der Waals surface area contributed by atoms with Gasteiger partial charge in [0.15, 0.2) is 11.5 Å². The molecule has 0 saturated carbocycles. The van der Waals surface area contributed by atoms with Gasteiger partial charge < -0.3 is 15.4 Å². The van der Waals surface area contributed by atoms with Crippen molar-refractivity contribution in [2.24, 2.45) is 5.73 Å². The van der Waals surface area contributed by atoms with Crippen LogP contribution < -0.4 is 15.4 Å². The highest BCUT2D eigenvalue weighted by Gasteiger charge is 2.09. The van der Waals surface area contributed by atoms with Crippen LogP contribution in [0.5, 0.6) is 5.75 Å². The number of primary amides is 1. The van der Waals surface area contributed by atoms with Crippen LogP contribution in [-0.4, -0.2) is 29.8 Å². The molecule has 0 unspecified atom stereocenters. The number of aromatic nitrogens is 2. The van der Waals surface area contributed by atoms with Crippen molar-refractivity contribution in [3.63, 3.8) is 0 Å². The van der Waals surface area contributed by atoms with Crippen LogP contribution in [0.3, 0.4) is 0 Å². The molecule has 0 aliphatic rings. The third-order valence-electron chi connectivity index (χ3n) is 2.84. The van der Waals surface area contributed by atoms with Gasteiger partial charge in [-0.1, -0.05) is 12.1 Å². The molecule has 116 valence electrons. The molecule has 0 saturated heterocycles. The number of amides is 1. The fourth-order valence-corrected chi connectivity index (χ4v) is 1.84. The van der Waals surface area contributed by atoms with E-state index in [1.165, 1.54) is 18.2 Å².